The van der Waals surface area contributed by atoms with Crippen molar-refractivity contribution >= 4 is 9.03 Å². The van der Waals surface area contributed by atoms with Crippen molar-refractivity contribution in [2.75, 3.05) is 19.8 Å². The molecule has 0 amide bonds. The Morgan fingerprint density at radius 2 is 1.21 bits per heavy atom. The van der Waals surface area contributed by atoms with E-state index < -0.39 is 20.6 Å². The maximum absolute atomic E-state index is 9.69. The Hall–Kier alpha value is -1.53. The number of hydrogen-bond donors (Lipinski definition) is 5. The van der Waals surface area contributed by atoms with Gasteiger partial charge in [0.1, 0.15) is 20.9 Å². The van der Waals surface area contributed by atoms with Crippen LogP contribution in [0.15, 0.2) is 60.7 Å². The van der Waals surface area contributed by atoms with Crippen LogP contribution in [0, 0.1) is 5.41 Å². The first-order chi connectivity index (χ1) is 11.7. The first kappa shape index (κ1) is 20.5. The molecule has 1 atom stereocenters. The van der Waals surface area contributed by atoms with E-state index in [9.17, 15) is 15.3 Å². The van der Waals surface area contributed by atoms with Gasteiger partial charge in [0.25, 0.3) is 0 Å². The molecule has 0 bridgehead atoms. The molecule has 0 aliphatic heterocycles. The Labute approximate surface area is 142 Å². The van der Waals surface area contributed by atoms with Gasteiger partial charge in [-0.25, -0.2) is 0 Å². The third-order valence-corrected chi connectivity index (χ3v) is 3.60. The van der Waals surface area contributed by atoms with Crippen molar-refractivity contribution in [1.29, 1.82) is 0 Å². The van der Waals surface area contributed by atoms with Gasteiger partial charge in [-0.1, -0.05) is 48.5 Å². The fourth-order valence-corrected chi connectivity index (χ4v) is 2.21. The number of ether oxygens (including phenoxy) is 1. The Balaban J connectivity index is 0.000000891. The number of benzene rings is 2. The molecule has 2 aromatic carbocycles. The first-order valence-electron chi connectivity index (χ1n) is 7.30. The highest BCUT2D eigenvalue weighted by atomic mass is 31.1. The first-order valence-corrected chi connectivity index (χ1v) is 8.19. The van der Waals surface area contributed by atoms with Gasteiger partial charge in [-0.05, 0) is 17.7 Å². The van der Waals surface area contributed by atoms with Crippen LogP contribution in [-0.4, -0.2) is 44.9 Å². The molecule has 2 aromatic rings. The van der Waals surface area contributed by atoms with Gasteiger partial charge in [0.2, 0.25) is 0 Å². The minimum Gasteiger partial charge on any atom is -0.485 e. The lowest BCUT2D eigenvalue weighted by Gasteiger charge is -2.36. The third-order valence-electron chi connectivity index (χ3n) is 3.60. The van der Waals surface area contributed by atoms with Gasteiger partial charge in [-0.15, -0.1) is 0 Å². The molecule has 0 aromatic heterocycles. The summed E-state index contributed by atoms with van der Waals surface area (Å²) in [5.41, 5.74) is -0.365. The summed E-state index contributed by atoms with van der Waals surface area (Å²) in [6.07, 6.45) is -0.652. The van der Waals surface area contributed by atoms with Gasteiger partial charge >= 0.3 is 0 Å². The van der Waals surface area contributed by atoms with Crippen LogP contribution in [0.2, 0.25) is 0 Å². The summed E-state index contributed by atoms with van der Waals surface area (Å²) in [6, 6.07) is 18.4. The maximum Gasteiger partial charge on any atom is 0.149 e. The molecule has 132 valence electrons. The lowest BCUT2D eigenvalue weighted by Crippen LogP contribution is -2.42. The Bertz CT molecular complexity index is 539. The summed E-state index contributed by atoms with van der Waals surface area (Å²) >= 11 is 0. The topological polar surface area (TPSA) is 110 Å². The van der Waals surface area contributed by atoms with Crippen LogP contribution in [0.5, 0.6) is 5.75 Å². The van der Waals surface area contributed by atoms with E-state index in [2.05, 4.69) is 0 Å². The van der Waals surface area contributed by atoms with Crippen molar-refractivity contribution < 1.29 is 29.8 Å². The number of hydrogen-bond acceptors (Lipinski definition) is 6. The largest absolute Gasteiger partial charge is 0.485 e. The highest BCUT2D eigenvalue weighted by Crippen LogP contribution is 2.37. The molecule has 0 heterocycles. The number of aliphatic hydroxyl groups is 3. The number of rotatable bonds is 7. The van der Waals surface area contributed by atoms with Crippen LogP contribution in [0.3, 0.4) is 0 Å². The van der Waals surface area contributed by atoms with E-state index in [-0.39, 0.29) is 19.8 Å². The summed E-state index contributed by atoms with van der Waals surface area (Å²) in [5.74, 6) is 0.617. The van der Waals surface area contributed by atoms with E-state index in [1.807, 2.05) is 48.5 Å². The average Bonchev–Trinajstić information content (AvgIpc) is 2.65. The summed E-state index contributed by atoms with van der Waals surface area (Å²) in [6.45, 7) is -1.15. The molecule has 0 radical (unpaired) electrons. The summed E-state index contributed by atoms with van der Waals surface area (Å²) in [5, 5.41) is 29.1. The van der Waals surface area contributed by atoms with Crippen molar-refractivity contribution in [3.8, 4) is 5.75 Å². The van der Waals surface area contributed by atoms with E-state index in [1.165, 1.54) is 0 Å². The maximum atomic E-state index is 9.69. The van der Waals surface area contributed by atoms with Gasteiger partial charge in [-0.2, -0.15) is 0 Å². The molecule has 2 rings (SSSR count). The van der Waals surface area contributed by atoms with E-state index in [1.54, 1.807) is 12.1 Å². The van der Waals surface area contributed by atoms with E-state index in [0.29, 0.717) is 5.75 Å². The lowest BCUT2D eigenvalue weighted by molar-refractivity contribution is -0.0742. The second kappa shape index (κ2) is 11.1. The predicted molar refractivity (Wildman–Crippen MR) is 92.7 cm³/mol. The highest BCUT2D eigenvalue weighted by molar-refractivity contribution is 7.23. The third kappa shape index (κ3) is 5.53. The van der Waals surface area contributed by atoms with Crippen LogP contribution in [-0.2, 0) is 0 Å². The number of aliphatic hydroxyl groups excluding tert-OH is 3. The lowest BCUT2D eigenvalue weighted by atomic mass is 9.80. The number of para-hydroxylation sites is 1. The average molecular weight is 354 g/mol. The molecule has 24 heavy (non-hydrogen) atoms. The van der Waals surface area contributed by atoms with Crippen LogP contribution in [0.4, 0.5) is 0 Å². The van der Waals surface area contributed by atoms with Crippen LogP contribution in [0.25, 0.3) is 0 Å². The Morgan fingerprint density at radius 1 is 0.792 bits per heavy atom. The molecule has 6 nitrogen and oxygen atoms in total. The van der Waals surface area contributed by atoms with Gasteiger partial charge in [0.05, 0.1) is 25.2 Å². The normalized spacial score (nSPS) is 12.0. The summed E-state index contributed by atoms with van der Waals surface area (Å²) < 4.78 is 5.96. The van der Waals surface area contributed by atoms with Crippen LogP contribution >= 0.6 is 9.03 Å². The summed E-state index contributed by atoms with van der Waals surface area (Å²) in [7, 11) is -0.917. The smallest absolute Gasteiger partial charge is 0.149 e. The Kier molecular flexibility index (Phi) is 9.49. The highest BCUT2D eigenvalue weighted by Gasteiger charge is 2.40. The second-order valence-electron chi connectivity index (χ2n) is 5.16. The molecule has 1 unspecified atom stereocenters. The van der Waals surface area contributed by atoms with Crippen molar-refractivity contribution in [2.24, 2.45) is 5.41 Å². The molecule has 0 saturated carbocycles. The molecular formula is C17H23O6P. The van der Waals surface area contributed by atoms with Gasteiger partial charge in [0, 0.05) is 0 Å². The predicted octanol–water partition coefficient (Wildman–Crippen LogP) is 1.25. The van der Waals surface area contributed by atoms with Crippen molar-refractivity contribution in [1.82, 2.24) is 0 Å². The standard InChI is InChI=1S/C17H20O4.H3O2P/c18-11-17(12-19,13-20)16(14-7-3-1-4-8-14)21-15-9-5-2-6-10-15;1-3-2/h1-10,16,18-20H,11-13H2;1-3H. The van der Waals surface area contributed by atoms with Gasteiger partial charge in [-0.3, -0.25) is 0 Å². The fraction of sp³-hybridized carbons (Fsp3) is 0.294. The monoisotopic (exact) mass is 354 g/mol. The molecular weight excluding hydrogens is 331 g/mol. The quantitative estimate of drug-likeness (QED) is 0.479. The SMILES string of the molecule is OCC(CO)(CO)C(Oc1ccccc1)c1ccccc1.OPO. The Morgan fingerprint density at radius 3 is 1.62 bits per heavy atom. The van der Waals surface area contributed by atoms with Crippen LogP contribution in [0.1, 0.15) is 11.7 Å². The zero-order valence-corrected chi connectivity index (χ0v) is 14.1. The van der Waals surface area contributed by atoms with E-state index in [4.69, 9.17) is 14.5 Å². The minimum atomic E-state index is -1.16. The fourth-order valence-electron chi connectivity index (χ4n) is 2.21. The zero-order valence-electron chi connectivity index (χ0n) is 13.1. The molecule has 0 aliphatic carbocycles. The van der Waals surface area contributed by atoms with E-state index in [0.717, 1.165) is 5.56 Å². The van der Waals surface area contributed by atoms with Crippen molar-refractivity contribution in [3.63, 3.8) is 0 Å². The van der Waals surface area contributed by atoms with Gasteiger partial charge < -0.3 is 29.8 Å². The molecule has 5 N–H and O–H groups in total. The van der Waals surface area contributed by atoms with Crippen molar-refractivity contribution in [2.45, 2.75) is 6.10 Å². The molecule has 0 spiro atoms. The molecule has 0 fully saturated rings. The summed E-state index contributed by atoms with van der Waals surface area (Å²) in [4.78, 5) is 14.3. The minimum absolute atomic E-state index is 0.383. The molecule has 7 heteroatoms. The zero-order chi connectivity index (χ0) is 17.8. The second-order valence-corrected chi connectivity index (χ2v) is 5.36. The molecule has 0 saturated heterocycles. The van der Waals surface area contributed by atoms with Gasteiger partial charge in [0.15, 0.2) is 0 Å². The van der Waals surface area contributed by atoms with Crippen LogP contribution < -0.4 is 4.74 Å². The van der Waals surface area contributed by atoms with Crippen molar-refractivity contribution in [3.05, 3.63) is 66.2 Å². The molecule has 0 aliphatic rings. The van der Waals surface area contributed by atoms with E-state index >= 15 is 0 Å².